The second kappa shape index (κ2) is 8.21. The second-order valence-electron chi connectivity index (χ2n) is 7.07. The maximum atomic E-state index is 6.44. The summed E-state index contributed by atoms with van der Waals surface area (Å²) in [6, 6.07) is 0. The van der Waals surface area contributed by atoms with Crippen LogP contribution in [-0.2, 0) is 17.7 Å². The lowest BCUT2D eigenvalue weighted by molar-refractivity contribution is 0.0245. The maximum absolute atomic E-state index is 6.44. The summed E-state index contributed by atoms with van der Waals surface area (Å²) in [5.41, 5.74) is -0.309. The molecule has 1 aliphatic heterocycles. The lowest BCUT2D eigenvalue weighted by atomic mass is 9.97. The van der Waals surface area contributed by atoms with Crippen molar-refractivity contribution < 1.29 is 17.7 Å². The molecule has 1 rings (SSSR count). The Morgan fingerprint density at radius 3 is 1.09 bits per heavy atom. The Labute approximate surface area is 154 Å². The van der Waals surface area contributed by atoms with Gasteiger partial charge in [0.25, 0.3) is 0 Å². The summed E-state index contributed by atoms with van der Waals surface area (Å²) in [5.74, 6) is 0. The molecule has 0 amide bonds. The number of halogens is 4. The highest BCUT2D eigenvalue weighted by Crippen LogP contribution is 2.30. The first-order valence-electron chi connectivity index (χ1n) is 7.01. The molecule has 22 heavy (non-hydrogen) atoms. The van der Waals surface area contributed by atoms with Crippen LogP contribution in [0.1, 0.15) is 27.7 Å². The Hall–Kier alpha value is 1.43. The average molecular weight is 430 g/mol. The fourth-order valence-electron chi connectivity index (χ4n) is 1.53. The fraction of sp³-hybridized carbons (Fsp3) is 1.00. The van der Waals surface area contributed by atoms with Crippen LogP contribution in [0.3, 0.4) is 0 Å². The summed E-state index contributed by atoms with van der Waals surface area (Å²) in [6.45, 7) is 9.40. The van der Waals surface area contributed by atoms with E-state index < -0.39 is 15.7 Å². The van der Waals surface area contributed by atoms with E-state index in [0.717, 1.165) is 0 Å². The van der Waals surface area contributed by atoms with E-state index in [-0.39, 0.29) is 21.8 Å². The van der Waals surface area contributed by atoms with E-state index in [1.54, 1.807) is 0 Å². The molecule has 0 aromatic rings. The molecular formula is C12H24Cl4O4Si2. The van der Waals surface area contributed by atoms with Crippen molar-refractivity contribution in [1.82, 2.24) is 0 Å². The lowest BCUT2D eigenvalue weighted by Gasteiger charge is -2.36. The van der Waals surface area contributed by atoms with E-state index in [9.17, 15) is 0 Å². The van der Waals surface area contributed by atoms with E-state index in [4.69, 9.17) is 63.1 Å². The SMILES string of the molecule is CC1(C)CO[Si](Cl)(CCl)OCC(C)(C)CO[Si](Cl)(CCl)OC1. The first kappa shape index (κ1) is 21.5. The zero-order chi connectivity index (χ0) is 17.1. The van der Waals surface area contributed by atoms with Crippen molar-refractivity contribution in [3.05, 3.63) is 0 Å². The van der Waals surface area contributed by atoms with Crippen LogP contribution < -0.4 is 0 Å². The quantitative estimate of drug-likeness (QED) is 0.377. The van der Waals surface area contributed by atoms with Gasteiger partial charge in [0.15, 0.2) is 0 Å². The summed E-state index contributed by atoms with van der Waals surface area (Å²) in [7, 11) is -5.86. The van der Waals surface area contributed by atoms with Crippen LogP contribution in [0.5, 0.6) is 0 Å². The molecule has 0 N–H and O–H groups in total. The molecule has 1 heterocycles. The summed E-state index contributed by atoms with van der Waals surface area (Å²) in [5, 5.41) is 0. The molecule has 0 bridgehead atoms. The van der Waals surface area contributed by atoms with Crippen LogP contribution in [0.4, 0.5) is 0 Å². The predicted molar refractivity (Wildman–Crippen MR) is 96.0 cm³/mol. The van der Waals surface area contributed by atoms with Gasteiger partial charge in [-0.25, -0.2) is 0 Å². The molecule has 0 spiro atoms. The van der Waals surface area contributed by atoms with Gasteiger partial charge < -0.3 is 17.7 Å². The molecule has 10 heteroatoms. The van der Waals surface area contributed by atoms with Crippen LogP contribution in [0.2, 0.25) is 0 Å². The Morgan fingerprint density at radius 2 is 0.909 bits per heavy atom. The van der Waals surface area contributed by atoms with Gasteiger partial charge in [-0.1, -0.05) is 49.9 Å². The molecule has 0 unspecified atom stereocenters. The highest BCUT2D eigenvalue weighted by Gasteiger charge is 2.43. The van der Waals surface area contributed by atoms with Gasteiger partial charge in [-0.3, -0.25) is 0 Å². The monoisotopic (exact) mass is 428 g/mol. The molecule has 132 valence electrons. The topological polar surface area (TPSA) is 36.9 Å². The third-order valence-electron chi connectivity index (χ3n) is 3.03. The molecule has 0 aromatic carbocycles. The van der Waals surface area contributed by atoms with Gasteiger partial charge in [-0.05, 0) is 0 Å². The van der Waals surface area contributed by atoms with Crippen molar-refractivity contribution in [2.75, 3.05) is 37.4 Å². The molecule has 1 saturated heterocycles. The molecular weight excluding hydrogens is 406 g/mol. The maximum Gasteiger partial charge on any atom is 0.458 e. The van der Waals surface area contributed by atoms with Crippen LogP contribution in [-0.4, -0.2) is 53.2 Å². The van der Waals surface area contributed by atoms with Gasteiger partial charge in [0.1, 0.15) is 0 Å². The average Bonchev–Trinajstić information content (AvgIpc) is 2.47. The minimum Gasteiger partial charge on any atom is -0.382 e. The number of hydrogen-bond acceptors (Lipinski definition) is 4. The Morgan fingerprint density at radius 1 is 0.682 bits per heavy atom. The highest BCUT2D eigenvalue weighted by molar-refractivity contribution is 7.15. The zero-order valence-corrected chi connectivity index (χ0v) is 18.4. The first-order valence-corrected chi connectivity index (χ1v) is 14.1. The summed E-state index contributed by atoms with van der Waals surface area (Å²) >= 11 is 24.8. The van der Waals surface area contributed by atoms with E-state index in [1.807, 2.05) is 27.7 Å². The van der Waals surface area contributed by atoms with Crippen molar-refractivity contribution in [2.24, 2.45) is 10.8 Å². The van der Waals surface area contributed by atoms with Crippen molar-refractivity contribution >= 4 is 61.1 Å². The molecule has 1 aliphatic rings. The standard InChI is InChI=1S/C12H24Cl4O4Si2/c1-11(2)5-17-21(15,9-13)19-7-12(3,4)8-20-22(16,10-14)18-6-11/h5-10H2,1-4H3. The molecule has 0 atom stereocenters. The Kier molecular flexibility index (Phi) is 8.01. The van der Waals surface area contributed by atoms with E-state index in [0.29, 0.717) is 26.4 Å². The molecule has 0 radical (unpaired) electrons. The first-order chi connectivity index (χ1) is 9.95. The van der Waals surface area contributed by atoms with Crippen LogP contribution in [0, 0.1) is 10.8 Å². The van der Waals surface area contributed by atoms with Crippen LogP contribution in [0.25, 0.3) is 0 Å². The third kappa shape index (κ3) is 7.13. The predicted octanol–water partition coefficient (Wildman–Crippen LogP) is 4.03. The van der Waals surface area contributed by atoms with Crippen LogP contribution in [0.15, 0.2) is 0 Å². The Balaban J connectivity index is 2.91. The summed E-state index contributed by atoms with van der Waals surface area (Å²) < 4.78 is 23.3. The largest absolute Gasteiger partial charge is 0.458 e. The van der Waals surface area contributed by atoms with Crippen molar-refractivity contribution in [3.8, 4) is 0 Å². The third-order valence-corrected chi connectivity index (χ3v) is 11.0. The van der Waals surface area contributed by atoms with Gasteiger partial charge in [0.05, 0.1) is 11.0 Å². The van der Waals surface area contributed by atoms with Crippen LogP contribution >= 0.6 is 45.4 Å². The van der Waals surface area contributed by atoms with Gasteiger partial charge in [0.2, 0.25) is 0 Å². The summed E-state index contributed by atoms with van der Waals surface area (Å²) in [6.07, 6.45) is 0. The second-order valence-corrected chi connectivity index (χ2v) is 16.5. The van der Waals surface area contributed by atoms with Gasteiger partial charge in [-0.15, -0.1) is 23.2 Å². The van der Waals surface area contributed by atoms with Gasteiger partial charge >= 0.3 is 15.7 Å². The van der Waals surface area contributed by atoms with Crippen molar-refractivity contribution in [1.29, 1.82) is 0 Å². The minimum absolute atomic E-state index is 0.151. The van der Waals surface area contributed by atoms with Gasteiger partial charge in [0, 0.05) is 37.3 Å². The van der Waals surface area contributed by atoms with E-state index >= 15 is 0 Å². The molecule has 1 fully saturated rings. The zero-order valence-electron chi connectivity index (χ0n) is 13.4. The van der Waals surface area contributed by atoms with Gasteiger partial charge in [-0.2, -0.15) is 0 Å². The molecule has 0 aliphatic carbocycles. The number of hydrogen-bond donors (Lipinski definition) is 0. The minimum atomic E-state index is -2.93. The molecule has 0 saturated carbocycles. The fourth-order valence-corrected chi connectivity index (χ4v) is 6.01. The smallest absolute Gasteiger partial charge is 0.382 e. The highest BCUT2D eigenvalue weighted by atomic mass is 35.6. The molecule has 4 nitrogen and oxygen atoms in total. The van der Waals surface area contributed by atoms with E-state index in [1.165, 1.54) is 0 Å². The summed E-state index contributed by atoms with van der Waals surface area (Å²) in [4.78, 5) is 0. The lowest BCUT2D eigenvalue weighted by Crippen LogP contribution is -2.49. The normalized spacial score (nSPS) is 37.1. The van der Waals surface area contributed by atoms with Crippen molar-refractivity contribution in [3.63, 3.8) is 0 Å². The Bertz CT molecular complexity index is 317. The van der Waals surface area contributed by atoms with Crippen molar-refractivity contribution in [2.45, 2.75) is 27.7 Å². The number of alkyl halides is 2. The van der Waals surface area contributed by atoms with E-state index in [2.05, 4.69) is 0 Å². The number of rotatable bonds is 2. The molecule has 0 aromatic heterocycles.